The number of sulfonamides is 1. The van der Waals surface area contributed by atoms with Crippen LogP contribution in [0.25, 0.3) is 0 Å². The molecule has 1 aliphatic rings. The van der Waals surface area contributed by atoms with Gasteiger partial charge >= 0.3 is 0 Å². The van der Waals surface area contributed by atoms with E-state index in [9.17, 15) is 13.2 Å². The van der Waals surface area contributed by atoms with E-state index in [-0.39, 0.29) is 10.8 Å². The highest BCUT2D eigenvalue weighted by Crippen LogP contribution is 2.26. The third-order valence-corrected chi connectivity index (χ3v) is 5.41. The van der Waals surface area contributed by atoms with Gasteiger partial charge in [-0.2, -0.15) is 4.31 Å². The van der Waals surface area contributed by atoms with Gasteiger partial charge in [0.2, 0.25) is 15.9 Å². The zero-order valence-corrected chi connectivity index (χ0v) is 12.6. The van der Waals surface area contributed by atoms with Crippen molar-refractivity contribution < 1.29 is 13.2 Å². The van der Waals surface area contributed by atoms with E-state index >= 15 is 0 Å². The molecular weight excluding hydrogens is 276 g/mol. The molecule has 1 aromatic carbocycles. The molecule has 5 nitrogen and oxygen atoms in total. The van der Waals surface area contributed by atoms with Crippen molar-refractivity contribution in [2.24, 2.45) is 0 Å². The zero-order chi connectivity index (χ0) is 14.8. The van der Waals surface area contributed by atoms with Gasteiger partial charge in [0.15, 0.2) is 0 Å². The number of carbonyl (C=O) groups is 1. The Balaban J connectivity index is 2.28. The normalized spacial score (nSPS) is 20.0. The van der Waals surface area contributed by atoms with Gasteiger partial charge in [0.1, 0.15) is 6.04 Å². The minimum Gasteiger partial charge on any atom is -0.355 e. The SMILES string of the molecule is CCNC(=O)[C@H]1CCCN1S(=O)(=O)c1ccc(C)cc1. The van der Waals surface area contributed by atoms with Crippen molar-refractivity contribution in [2.45, 2.75) is 37.6 Å². The predicted octanol–water partition coefficient (Wildman–Crippen LogP) is 1.28. The van der Waals surface area contributed by atoms with E-state index in [1.54, 1.807) is 24.3 Å². The molecule has 0 aromatic heterocycles. The Kier molecular flexibility index (Phi) is 4.45. The summed E-state index contributed by atoms with van der Waals surface area (Å²) in [5, 5.41) is 2.71. The second-order valence-electron chi connectivity index (χ2n) is 4.98. The molecule has 110 valence electrons. The Hall–Kier alpha value is -1.40. The molecular formula is C14H20N2O3S. The van der Waals surface area contributed by atoms with Gasteiger partial charge in [-0.1, -0.05) is 17.7 Å². The van der Waals surface area contributed by atoms with E-state index in [2.05, 4.69) is 5.32 Å². The standard InChI is InChI=1S/C14H20N2O3S/c1-3-15-14(17)13-5-4-10-16(13)20(18,19)12-8-6-11(2)7-9-12/h6-9,13H,3-5,10H2,1-2H3,(H,15,17)/t13-/m1/s1. The van der Waals surface area contributed by atoms with Crippen molar-refractivity contribution in [3.8, 4) is 0 Å². The summed E-state index contributed by atoms with van der Waals surface area (Å²) in [5.41, 5.74) is 1.01. The average Bonchev–Trinajstić information content (AvgIpc) is 2.89. The Labute approximate surface area is 120 Å². The number of nitrogens with zero attached hydrogens (tertiary/aromatic N) is 1. The molecule has 0 bridgehead atoms. The van der Waals surface area contributed by atoms with Crippen LogP contribution in [0.4, 0.5) is 0 Å². The smallest absolute Gasteiger partial charge is 0.243 e. The van der Waals surface area contributed by atoms with E-state index in [4.69, 9.17) is 0 Å². The van der Waals surface area contributed by atoms with E-state index in [0.717, 1.165) is 5.56 Å². The first-order chi connectivity index (χ1) is 9.46. The molecule has 2 rings (SSSR count). The van der Waals surface area contributed by atoms with Crippen LogP contribution in [0.1, 0.15) is 25.3 Å². The molecule has 0 saturated carbocycles. The second kappa shape index (κ2) is 5.93. The first kappa shape index (κ1) is 15.0. The number of carbonyl (C=O) groups excluding carboxylic acids is 1. The number of rotatable bonds is 4. The maximum Gasteiger partial charge on any atom is 0.243 e. The first-order valence-electron chi connectivity index (χ1n) is 6.83. The minimum absolute atomic E-state index is 0.208. The van der Waals surface area contributed by atoms with Crippen LogP contribution in [0, 0.1) is 6.92 Å². The molecule has 0 radical (unpaired) electrons. The van der Waals surface area contributed by atoms with Crippen LogP contribution in [0.5, 0.6) is 0 Å². The number of amides is 1. The second-order valence-corrected chi connectivity index (χ2v) is 6.87. The largest absolute Gasteiger partial charge is 0.355 e. The van der Waals surface area contributed by atoms with E-state index < -0.39 is 16.1 Å². The van der Waals surface area contributed by atoms with Crippen molar-refractivity contribution in [1.29, 1.82) is 0 Å². The Morgan fingerprint density at radius 3 is 2.60 bits per heavy atom. The number of hydrogen-bond acceptors (Lipinski definition) is 3. The van der Waals surface area contributed by atoms with Crippen LogP contribution in [-0.2, 0) is 14.8 Å². The molecule has 0 spiro atoms. The van der Waals surface area contributed by atoms with Crippen molar-refractivity contribution in [1.82, 2.24) is 9.62 Å². The Bertz CT molecular complexity index is 581. The molecule has 0 aliphatic carbocycles. The predicted molar refractivity (Wildman–Crippen MR) is 76.8 cm³/mol. The summed E-state index contributed by atoms with van der Waals surface area (Å²) in [4.78, 5) is 12.2. The van der Waals surface area contributed by atoms with Gasteiger partial charge < -0.3 is 5.32 Å². The molecule has 20 heavy (non-hydrogen) atoms. The highest BCUT2D eigenvalue weighted by Gasteiger charge is 2.39. The lowest BCUT2D eigenvalue weighted by Crippen LogP contribution is -2.45. The quantitative estimate of drug-likeness (QED) is 0.910. The molecule has 0 unspecified atom stereocenters. The summed E-state index contributed by atoms with van der Waals surface area (Å²) in [5.74, 6) is -0.208. The molecule has 1 saturated heterocycles. The fraction of sp³-hybridized carbons (Fsp3) is 0.500. The molecule has 1 heterocycles. The van der Waals surface area contributed by atoms with Crippen LogP contribution < -0.4 is 5.32 Å². The third kappa shape index (κ3) is 2.86. The van der Waals surface area contributed by atoms with Crippen molar-refractivity contribution in [3.05, 3.63) is 29.8 Å². The van der Waals surface area contributed by atoms with E-state index in [0.29, 0.717) is 25.9 Å². The molecule has 1 aromatic rings. The summed E-state index contributed by atoms with van der Waals surface area (Å²) in [6, 6.07) is 6.14. The van der Waals surface area contributed by atoms with Crippen LogP contribution in [0.3, 0.4) is 0 Å². The number of likely N-dealkylation sites (N-methyl/N-ethyl adjacent to an activating group) is 1. The van der Waals surface area contributed by atoms with Crippen LogP contribution in [0.15, 0.2) is 29.2 Å². The van der Waals surface area contributed by atoms with Crippen molar-refractivity contribution >= 4 is 15.9 Å². The van der Waals surface area contributed by atoms with Gasteiger partial charge in [-0.25, -0.2) is 8.42 Å². The maximum atomic E-state index is 12.6. The fourth-order valence-electron chi connectivity index (χ4n) is 2.43. The first-order valence-corrected chi connectivity index (χ1v) is 8.27. The lowest BCUT2D eigenvalue weighted by atomic mass is 10.2. The van der Waals surface area contributed by atoms with E-state index in [1.165, 1.54) is 4.31 Å². The summed E-state index contributed by atoms with van der Waals surface area (Å²) in [6.45, 7) is 4.64. The molecule has 1 amide bonds. The lowest BCUT2D eigenvalue weighted by molar-refractivity contribution is -0.124. The average molecular weight is 296 g/mol. The Morgan fingerprint density at radius 2 is 2.00 bits per heavy atom. The van der Waals surface area contributed by atoms with Gasteiger partial charge in [-0.3, -0.25) is 4.79 Å². The van der Waals surface area contributed by atoms with Crippen LogP contribution >= 0.6 is 0 Å². The Morgan fingerprint density at radius 1 is 1.35 bits per heavy atom. The van der Waals surface area contributed by atoms with Crippen LogP contribution in [0.2, 0.25) is 0 Å². The van der Waals surface area contributed by atoms with Crippen molar-refractivity contribution in [2.75, 3.05) is 13.1 Å². The summed E-state index contributed by atoms with van der Waals surface area (Å²) >= 11 is 0. The summed E-state index contributed by atoms with van der Waals surface area (Å²) < 4.78 is 26.5. The number of nitrogens with one attached hydrogen (secondary N) is 1. The molecule has 1 aliphatic heterocycles. The van der Waals surface area contributed by atoms with E-state index in [1.807, 2.05) is 13.8 Å². The summed E-state index contributed by atoms with van der Waals surface area (Å²) in [6.07, 6.45) is 1.30. The zero-order valence-electron chi connectivity index (χ0n) is 11.8. The van der Waals surface area contributed by atoms with Gasteiger partial charge in [-0.15, -0.1) is 0 Å². The van der Waals surface area contributed by atoms with Crippen molar-refractivity contribution in [3.63, 3.8) is 0 Å². The monoisotopic (exact) mass is 296 g/mol. The highest BCUT2D eigenvalue weighted by molar-refractivity contribution is 7.89. The molecule has 1 fully saturated rings. The number of hydrogen-bond donors (Lipinski definition) is 1. The molecule has 1 atom stereocenters. The van der Waals surface area contributed by atoms with Gasteiger partial charge in [0, 0.05) is 13.1 Å². The third-order valence-electron chi connectivity index (χ3n) is 3.48. The topological polar surface area (TPSA) is 66.5 Å². The molecule has 6 heteroatoms. The lowest BCUT2D eigenvalue weighted by Gasteiger charge is -2.23. The summed E-state index contributed by atoms with van der Waals surface area (Å²) in [7, 11) is -3.60. The van der Waals surface area contributed by atoms with Gasteiger partial charge in [-0.05, 0) is 38.8 Å². The van der Waals surface area contributed by atoms with Gasteiger partial charge in [0.25, 0.3) is 0 Å². The number of benzene rings is 1. The maximum absolute atomic E-state index is 12.6. The van der Waals surface area contributed by atoms with Gasteiger partial charge in [0.05, 0.1) is 4.90 Å². The fourth-order valence-corrected chi connectivity index (χ4v) is 4.08. The number of aryl methyl sites for hydroxylation is 1. The van der Waals surface area contributed by atoms with Crippen LogP contribution in [-0.4, -0.2) is 37.8 Å². The highest BCUT2D eigenvalue weighted by atomic mass is 32.2. The molecule has 1 N–H and O–H groups in total. The minimum atomic E-state index is -3.60.